The Hall–Kier alpha value is -2.03. The second-order valence-electron chi connectivity index (χ2n) is 8.47. The van der Waals surface area contributed by atoms with E-state index in [9.17, 15) is 4.79 Å². The van der Waals surface area contributed by atoms with Crippen LogP contribution in [0.5, 0.6) is 0 Å². The smallest absolute Gasteiger partial charge is 0.292 e. The lowest BCUT2D eigenvalue weighted by Gasteiger charge is -2.04. The number of imidazole rings is 1. The van der Waals surface area contributed by atoms with Crippen LogP contribution in [-0.4, -0.2) is 9.13 Å². The van der Waals surface area contributed by atoms with Gasteiger partial charge >= 0.3 is 5.69 Å². The van der Waals surface area contributed by atoms with Crippen molar-refractivity contribution in [2.75, 3.05) is 0 Å². The minimum atomic E-state index is 0.174. The Morgan fingerprint density at radius 3 is 1.37 bits per heavy atom. The van der Waals surface area contributed by atoms with Gasteiger partial charge in [0.25, 0.3) is 0 Å². The minimum absolute atomic E-state index is 0.174. The molecule has 166 valence electrons. The second kappa shape index (κ2) is 14.9. The summed E-state index contributed by atoms with van der Waals surface area (Å²) in [5, 5.41) is 0. The van der Waals surface area contributed by atoms with Crippen LogP contribution >= 0.6 is 0 Å². The number of fused-ring (bicyclic) bond motifs is 1. The molecule has 3 heteroatoms. The van der Waals surface area contributed by atoms with Gasteiger partial charge in [-0.2, -0.15) is 0 Å². The highest BCUT2D eigenvalue weighted by Gasteiger charge is 2.12. The first-order valence-corrected chi connectivity index (χ1v) is 12.2. The number of aryl methyl sites for hydroxylation is 2. The molecule has 1 heterocycles. The van der Waals surface area contributed by atoms with Crippen molar-refractivity contribution >= 4 is 11.0 Å². The Kier molecular flexibility index (Phi) is 12.0. The third kappa shape index (κ3) is 8.01. The van der Waals surface area contributed by atoms with Crippen molar-refractivity contribution in [2.45, 2.75) is 103 Å². The van der Waals surface area contributed by atoms with Crippen LogP contribution in [0.1, 0.15) is 89.9 Å². The summed E-state index contributed by atoms with van der Waals surface area (Å²) in [6, 6.07) is 8.29. The number of para-hydroxylation sites is 2. The quantitative estimate of drug-likeness (QED) is 0.183. The lowest BCUT2D eigenvalue weighted by molar-refractivity contribution is 0.525. The van der Waals surface area contributed by atoms with Crippen LogP contribution < -0.4 is 5.69 Å². The van der Waals surface area contributed by atoms with E-state index in [0.717, 1.165) is 49.8 Å². The predicted octanol–water partition coefficient (Wildman–Crippen LogP) is 7.64. The van der Waals surface area contributed by atoms with Crippen molar-refractivity contribution in [3.63, 3.8) is 0 Å². The van der Waals surface area contributed by atoms with E-state index >= 15 is 0 Å². The Labute approximate surface area is 183 Å². The van der Waals surface area contributed by atoms with Gasteiger partial charge in [-0.25, -0.2) is 4.79 Å². The molecule has 0 aliphatic carbocycles. The molecule has 2 rings (SSSR count). The summed E-state index contributed by atoms with van der Waals surface area (Å²) in [4.78, 5) is 13.1. The van der Waals surface area contributed by atoms with E-state index in [1.807, 2.05) is 33.4 Å². The fourth-order valence-electron chi connectivity index (χ4n) is 4.24. The summed E-state index contributed by atoms with van der Waals surface area (Å²) < 4.78 is 4.00. The Morgan fingerprint density at radius 1 is 0.600 bits per heavy atom. The van der Waals surface area contributed by atoms with Crippen molar-refractivity contribution in [3.05, 3.63) is 60.1 Å². The molecule has 0 bridgehead atoms. The van der Waals surface area contributed by atoms with Crippen LogP contribution in [-0.2, 0) is 13.1 Å². The maximum atomic E-state index is 13.1. The molecule has 0 unspecified atom stereocenters. The number of benzene rings is 1. The van der Waals surface area contributed by atoms with Gasteiger partial charge in [0, 0.05) is 13.1 Å². The van der Waals surface area contributed by atoms with Crippen LogP contribution in [0.15, 0.2) is 54.4 Å². The largest absolute Gasteiger partial charge is 0.329 e. The van der Waals surface area contributed by atoms with Crippen LogP contribution in [0, 0.1) is 0 Å². The van der Waals surface area contributed by atoms with Crippen LogP contribution in [0.2, 0.25) is 0 Å². The number of hydrogen-bond donors (Lipinski definition) is 0. The van der Waals surface area contributed by atoms with Gasteiger partial charge in [0.15, 0.2) is 0 Å². The molecule has 0 saturated heterocycles. The topological polar surface area (TPSA) is 26.9 Å². The first-order valence-electron chi connectivity index (χ1n) is 12.2. The number of unbranched alkanes of at least 4 members (excludes halogenated alkanes) is 12. The molecule has 1 aromatic carbocycles. The normalized spacial score (nSPS) is 11.2. The monoisotopic (exact) mass is 410 g/mol. The van der Waals surface area contributed by atoms with Crippen LogP contribution in [0.25, 0.3) is 11.0 Å². The molecule has 0 N–H and O–H groups in total. The van der Waals surface area contributed by atoms with Crippen molar-refractivity contribution in [3.8, 4) is 0 Å². The number of rotatable bonds is 18. The number of nitrogens with zero attached hydrogens (tertiary/aromatic N) is 2. The third-order valence-electron chi connectivity index (χ3n) is 6.01. The van der Waals surface area contributed by atoms with Gasteiger partial charge in [-0.1, -0.05) is 75.7 Å². The summed E-state index contributed by atoms with van der Waals surface area (Å²) >= 11 is 0. The van der Waals surface area contributed by atoms with Gasteiger partial charge in [-0.15, -0.1) is 13.2 Å². The second-order valence-corrected chi connectivity index (χ2v) is 8.47. The fourth-order valence-corrected chi connectivity index (χ4v) is 4.24. The summed E-state index contributed by atoms with van der Waals surface area (Å²) in [5.74, 6) is 0. The Balaban J connectivity index is 1.81. The first-order chi connectivity index (χ1) is 14.8. The molecule has 1 aromatic heterocycles. The average molecular weight is 411 g/mol. The lowest BCUT2D eigenvalue weighted by Crippen LogP contribution is -2.24. The molecule has 0 fully saturated rings. The molecule has 0 spiro atoms. The van der Waals surface area contributed by atoms with Gasteiger partial charge in [0.2, 0.25) is 0 Å². The highest BCUT2D eigenvalue weighted by atomic mass is 16.1. The minimum Gasteiger partial charge on any atom is -0.292 e. The van der Waals surface area contributed by atoms with Gasteiger partial charge in [-0.05, 0) is 50.7 Å². The summed E-state index contributed by atoms with van der Waals surface area (Å²) in [5.41, 5.74) is 2.36. The molecule has 30 heavy (non-hydrogen) atoms. The highest BCUT2D eigenvalue weighted by Crippen LogP contribution is 2.16. The molecule has 0 aliphatic rings. The van der Waals surface area contributed by atoms with E-state index in [1.54, 1.807) is 0 Å². The summed E-state index contributed by atoms with van der Waals surface area (Å²) in [6.45, 7) is 9.23. The zero-order chi connectivity index (χ0) is 21.4. The van der Waals surface area contributed by atoms with Gasteiger partial charge in [-0.3, -0.25) is 9.13 Å². The summed E-state index contributed by atoms with van der Waals surface area (Å²) in [7, 11) is 0. The first kappa shape index (κ1) is 24.2. The van der Waals surface area contributed by atoms with E-state index in [0.29, 0.717) is 0 Å². The lowest BCUT2D eigenvalue weighted by atomic mass is 10.1. The zero-order valence-corrected chi connectivity index (χ0v) is 19.0. The zero-order valence-electron chi connectivity index (χ0n) is 19.0. The molecule has 0 amide bonds. The third-order valence-corrected chi connectivity index (χ3v) is 6.01. The maximum absolute atomic E-state index is 13.1. The van der Waals surface area contributed by atoms with Crippen LogP contribution in [0.3, 0.4) is 0 Å². The predicted molar refractivity (Wildman–Crippen MR) is 131 cm³/mol. The molecular weight excluding hydrogens is 368 g/mol. The Bertz CT molecular complexity index is 735. The SMILES string of the molecule is C=CCCCCCCCCn1c(=O)n(CCCCCCCCC=C)c2ccccc21. The van der Waals surface area contributed by atoms with Crippen molar-refractivity contribution in [1.29, 1.82) is 0 Å². The molecule has 0 aliphatic heterocycles. The number of aromatic nitrogens is 2. The molecule has 0 radical (unpaired) electrons. The van der Waals surface area contributed by atoms with Gasteiger partial charge in [0.05, 0.1) is 11.0 Å². The van der Waals surface area contributed by atoms with Crippen molar-refractivity contribution in [2.24, 2.45) is 0 Å². The fraction of sp³-hybridized carbons (Fsp3) is 0.593. The average Bonchev–Trinajstić information content (AvgIpc) is 3.03. The van der Waals surface area contributed by atoms with E-state index < -0.39 is 0 Å². The van der Waals surface area contributed by atoms with E-state index in [2.05, 4.69) is 25.3 Å². The number of allylic oxidation sites excluding steroid dienone is 2. The van der Waals surface area contributed by atoms with Crippen molar-refractivity contribution in [1.82, 2.24) is 9.13 Å². The Morgan fingerprint density at radius 2 is 0.967 bits per heavy atom. The van der Waals surface area contributed by atoms with E-state index in [1.165, 1.54) is 64.2 Å². The van der Waals surface area contributed by atoms with Gasteiger partial charge < -0.3 is 0 Å². The van der Waals surface area contributed by atoms with Crippen molar-refractivity contribution < 1.29 is 0 Å². The number of hydrogen-bond acceptors (Lipinski definition) is 1. The molecule has 0 atom stereocenters. The maximum Gasteiger partial charge on any atom is 0.329 e. The highest BCUT2D eigenvalue weighted by molar-refractivity contribution is 5.75. The van der Waals surface area contributed by atoms with Gasteiger partial charge in [0.1, 0.15) is 0 Å². The van der Waals surface area contributed by atoms with E-state index in [4.69, 9.17) is 0 Å². The molecular formula is C27H42N2O. The standard InChI is InChI=1S/C27H42N2O/c1-3-5-7-9-11-13-15-19-23-28-25-21-17-18-22-26(25)29(27(28)30)24-20-16-14-12-10-8-6-4-2/h3-4,17-18,21-22H,1-2,5-16,19-20,23-24H2. The van der Waals surface area contributed by atoms with E-state index in [-0.39, 0.29) is 5.69 Å². The summed E-state index contributed by atoms with van der Waals surface area (Å²) in [6.07, 6.45) is 21.0. The van der Waals surface area contributed by atoms with Crippen LogP contribution in [0.4, 0.5) is 0 Å². The molecule has 2 aromatic rings. The molecule has 0 saturated carbocycles. The molecule has 3 nitrogen and oxygen atoms in total.